The lowest BCUT2D eigenvalue weighted by atomic mass is 9.88. The van der Waals surface area contributed by atoms with Crippen molar-refractivity contribution in [3.63, 3.8) is 0 Å². The third-order valence-electron chi connectivity index (χ3n) is 5.33. The molecule has 0 unspecified atom stereocenters. The number of hydrogen-bond acceptors (Lipinski definition) is 3. The van der Waals surface area contributed by atoms with E-state index in [-0.39, 0.29) is 17.9 Å². The first kappa shape index (κ1) is 16.4. The number of rotatable bonds is 5. The largest absolute Gasteiger partial charge is 0.378 e. The molecule has 4 heteroatoms. The predicted molar refractivity (Wildman–Crippen MR) is 89.8 cm³/mol. The first-order valence-corrected chi connectivity index (χ1v) is 9.03. The van der Waals surface area contributed by atoms with Gasteiger partial charge in [0, 0.05) is 32.1 Å². The molecule has 1 aromatic heterocycles. The number of amides is 1. The van der Waals surface area contributed by atoms with Crippen LogP contribution in [0, 0.1) is 11.8 Å². The molecule has 126 valence electrons. The third kappa shape index (κ3) is 4.31. The quantitative estimate of drug-likeness (QED) is 0.836. The first-order valence-electron chi connectivity index (χ1n) is 9.03. The summed E-state index contributed by atoms with van der Waals surface area (Å²) in [5.41, 5.74) is 1.16. The van der Waals surface area contributed by atoms with Gasteiger partial charge in [-0.25, -0.2) is 0 Å². The molecule has 2 atom stereocenters. The Morgan fingerprint density at radius 3 is 2.61 bits per heavy atom. The topological polar surface area (TPSA) is 42.4 Å². The molecule has 0 spiro atoms. The SMILES string of the molecule is C[C@H]1OCC[C@H]1C(=O)N(Cc1ccncc1)CC1CCCCC1. The van der Waals surface area contributed by atoms with Crippen LogP contribution in [0.25, 0.3) is 0 Å². The molecule has 0 radical (unpaired) electrons. The first-order chi connectivity index (χ1) is 11.2. The minimum atomic E-state index is 0.0282. The lowest BCUT2D eigenvalue weighted by molar-refractivity contribution is -0.138. The molecule has 3 rings (SSSR count). The van der Waals surface area contributed by atoms with E-state index < -0.39 is 0 Å². The van der Waals surface area contributed by atoms with Crippen molar-refractivity contribution in [1.29, 1.82) is 0 Å². The van der Waals surface area contributed by atoms with E-state index in [1.165, 1.54) is 32.1 Å². The highest BCUT2D eigenvalue weighted by Crippen LogP contribution is 2.28. The number of carbonyl (C=O) groups excluding carboxylic acids is 1. The fourth-order valence-corrected chi connectivity index (χ4v) is 3.91. The van der Waals surface area contributed by atoms with Gasteiger partial charge in [-0.1, -0.05) is 19.3 Å². The van der Waals surface area contributed by atoms with Crippen molar-refractivity contribution >= 4 is 5.91 Å². The lowest BCUT2D eigenvalue weighted by Crippen LogP contribution is -2.41. The van der Waals surface area contributed by atoms with Gasteiger partial charge in [-0.05, 0) is 49.8 Å². The van der Waals surface area contributed by atoms with Crippen molar-refractivity contribution in [2.75, 3.05) is 13.2 Å². The summed E-state index contributed by atoms with van der Waals surface area (Å²) in [6.07, 6.45) is 11.0. The molecule has 2 fully saturated rings. The maximum atomic E-state index is 13.1. The van der Waals surface area contributed by atoms with Crippen LogP contribution in [0.2, 0.25) is 0 Å². The summed E-state index contributed by atoms with van der Waals surface area (Å²) in [6, 6.07) is 4.02. The Balaban J connectivity index is 1.70. The molecule has 23 heavy (non-hydrogen) atoms. The van der Waals surface area contributed by atoms with Gasteiger partial charge in [0.25, 0.3) is 0 Å². The van der Waals surface area contributed by atoms with Gasteiger partial charge < -0.3 is 9.64 Å². The highest BCUT2D eigenvalue weighted by molar-refractivity contribution is 5.79. The van der Waals surface area contributed by atoms with Gasteiger partial charge in [0.05, 0.1) is 12.0 Å². The molecular weight excluding hydrogens is 288 g/mol. The molecule has 1 aromatic rings. The number of aromatic nitrogens is 1. The second-order valence-corrected chi connectivity index (χ2v) is 7.05. The van der Waals surface area contributed by atoms with E-state index in [9.17, 15) is 4.79 Å². The molecule has 0 N–H and O–H groups in total. The average molecular weight is 316 g/mol. The Kier molecular flexibility index (Phi) is 5.65. The van der Waals surface area contributed by atoms with Crippen molar-refractivity contribution in [3.8, 4) is 0 Å². The average Bonchev–Trinajstić information content (AvgIpc) is 3.01. The van der Waals surface area contributed by atoms with E-state index in [1.807, 2.05) is 19.1 Å². The van der Waals surface area contributed by atoms with Crippen LogP contribution in [-0.2, 0) is 16.1 Å². The Morgan fingerprint density at radius 1 is 1.22 bits per heavy atom. The van der Waals surface area contributed by atoms with Crippen LogP contribution in [-0.4, -0.2) is 35.0 Å². The third-order valence-corrected chi connectivity index (χ3v) is 5.33. The van der Waals surface area contributed by atoms with E-state index in [0.29, 0.717) is 19.1 Å². The van der Waals surface area contributed by atoms with E-state index in [4.69, 9.17) is 4.74 Å². The molecule has 1 aliphatic heterocycles. The number of ether oxygens (including phenoxy) is 1. The molecule has 1 saturated heterocycles. The van der Waals surface area contributed by atoms with Crippen molar-refractivity contribution in [3.05, 3.63) is 30.1 Å². The van der Waals surface area contributed by atoms with Crippen LogP contribution in [0.5, 0.6) is 0 Å². The van der Waals surface area contributed by atoms with Crippen LogP contribution in [0.15, 0.2) is 24.5 Å². The summed E-state index contributed by atoms with van der Waals surface area (Å²) in [6.45, 7) is 4.33. The Hall–Kier alpha value is -1.42. The van der Waals surface area contributed by atoms with E-state index in [0.717, 1.165) is 18.5 Å². The summed E-state index contributed by atoms with van der Waals surface area (Å²) < 4.78 is 5.62. The molecule has 1 amide bonds. The summed E-state index contributed by atoms with van der Waals surface area (Å²) in [5, 5.41) is 0. The normalized spacial score (nSPS) is 25.4. The Morgan fingerprint density at radius 2 is 1.96 bits per heavy atom. The highest BCUT2D eigenvalue weighted by Gasteiger charge is 2.34. The van der Waals surface area contributed by atoms with E-state index in [2.05, 4.69) is 9.88 Å². The van der Waals surface area contributed by atoms with Crippen LogP contribution in [0.3, 0.4) is 0 Å². The van der Waals surface area contributed by atoms with Gasteiger partial charge in [-0.3, -0.25) is 9.78 Å². The zero-order valence-corrected chi connectivity index (χ0v) is 14.1. The predicted octanol–water partition coefficient (Wildman–Crippen LogP) is 3.42. The van der Waals surface area contributed by atoms with Crippen LogP contribution in [0.4, 0.5) is 0 Å². The zero-order valence-electron chi connectivity index (χ0n) is 14.1. The zero-order chi connectivity index (χ0) is 16.1. The Labute approximate surface area is 139 Å². The second-order valence-electron chi connectivity index (χ2n) is 7.05. The number of pyridine rings is 1. The molecule has 1 aliphatic carbocycles. The Bertz CT molecular complexity index is 499. The molecule has 2 aliphatic rings. The van der Waals surface area contributed by atoms with Gasteiger partial charge in [-0.2, -0.15) is 0 Å². The van der Waals surface area contributed by atoms with Crippen LogP contribution >= 0.6 is 0 Å². The molecule has 0 bridgehead atoms. The second kappa shape index (κ2) is 7.91. The summed E-state index contributed by atoms with van der Waals surface area (Å²) >= 11 is 0. The van der Waals surface area contributed by atoms with Crippen molar-refractivity contribution in [2.45, 2.75) is 58.1 Å². The molecule has 4 nitrogen and oxygen atoms in total. The molecule has 1 saturated carbocycles. The highest BCUT2D eigenvalue weighted by atomic mass is 16.5. The minimum Gasteiger partial charge on any atom is -0.378 e. The minimum absolute atomic E-state index is 0.0282. The number of nitrogens with zero attached hydrogens (tertiary/aromatic N) is 2. The van der Waals surface area contributed by atoms with Gasteiger partial charge in [0.15, 0.2) is 0 Å². The molecule has 2 heterocycles. The maximum Gasteiger partial charge on any atom is 0.228 e. The fourth-order valence-electron chi connectivity index (χ4n) is 3.91. The van der Waals surface area contributed by atoms with Crippen molar-refractivity contribution < 1.29 is 9.53 Å². The number of hydrogen-bond donors (Lipinski definition) is 0. The summed E-state index contributed by atoms with van der Waals surface area (Å²) in [5.74, 6) is 0.963. The van der Waals surface area contributed by atoms with Gasteiger partial charge >= 0.3 is 0 Å². The standard InChI is InChI=1S/C19H28N2O2/c1-15-18(9-12-23-15)19(22)21(13-16-5-3-2-4-6-16)14-17-7-10-20-11-8-17/h7-8,10-11,15-16,18H,2-6,9,12-14H2,1H3/t15-,18-/m1/s1. The van der Waals surface area contributed by atoms with E-state index >= 15 is 0 Å². The fraction of sp³-hybridized carbons (Fsp3) is 0.684. The monoisotopic (exact) mass is 316 g/mol. The maximum absolute atomic E-state index is 13.1. The molecule has 0 aromatic carbocycles. The van der Waals surface area contributed by atoms with Crippen molar-refractivity contribution in [1.82, 2.24) is 9.88 Å². The van der Waals surface area contributed by atoms with Crippen LogP contribution in [0.1, 0.15) is 51.0 Å². The van der Waals surface area contributed by atoms with Crippen molar-refractivity contribution in [2.24, 2.45) is 11.8 Å². The van der Waals surface area contributed by atoms with Crippen LogP contribution < -0.4 is 0 Å². The molecular formula is C19H28N2O2. The smallest absolute Gasteiger partial charge is 0.228 e. The lowest BCUT2D eigenvalue weighted by Gasteiger charge is -2.32. The van der Waals surface area contributed by atoms with Gasteiger partial charge in [0.1, 0.15) is 0 Å². The summed E-state index contributed by atoms with van der Waals surface area (Å²) in [7, 11) is 0. The van der Waals surface area contributed by atoms with Gasteiger partial charge in [-0.15, -0.1) is 0 Å². The number of carbonyl (C=O) groups is 1. The van der Waals surface area contributed by atoms with Gasteiger partial charge in [0.2, 0.25) is 5.91 Å². The van der Waals surface area contributed by atoms with E-state index in [1.54, 1.807) is 12.4 Å². The summed E-state index contributed by atoms with van der Waals surface area (Å²) in [4.78, 5) is 19.2.